The van der Waals surface area contributed by atoms with Gasteiger partial charge in [-0.25, -0.2) is 24.8 Å². The maximum absolute atomic E-state index is 14.1. The number of likely N-dealkylation sites (tertiary alicyclic amines) is 1. The van der Waals surface area contributed by atoms with Crippen molar-refractivity contribution >= 4 is 76.6 Å². The number of aromatic amines is 1. The molecule has 2 unspecified atom stereocenters. The van der Waals surface area contributed by atoms with Gasteiger partial charge in [-0.2, -0.15) is 0 Å². The largest absolute Gasteiger partial charge is 0.488 e. The number of imidazole rings is 1. The van der Waals surface area contributed by atoms with E-state index in [9.17, 15) is 33.4 Å². The number of ether oxygens (including phenoxy) is 5. The third kappa shape index (κ3) is 17.6. The number of anilines is 2. The summed E-state index contributed by atoms with van der Waals surface area (Å²) in [5, 5.41) is 12.0. The molecule has 0 spiro atoms. The number of likely N-dealkylation sites (N-methyl/N-ethyl adjacent to an activating group) is 1. The van der Waals surface area contributed by atoms with Gasteiger partial charge in [-0.3, -0.25) is 33.4 Å². The van der Waals surface area contributed by atoms with Gasteiger partial charge in [0.1, 0.15) is 22.8 Å². The molecule has 2 aliphatic heterocycles. The Kier molecular flexibility index (Phi) is 24.0. The van der Waals surface area contributed by atoms with Crippen molar-refractivity contribution in [3.63, 3.8) is 0 Å². The van der Waals surface area contributed by atoms with E-state index >= 15 is 0 Å². The number of aromatic nitrogens is 5. The highest BCUT2D eigenvalue weighted by Crippen LogP contribution is 2.42. The van der Waals surface area contributed by atoms with Crippen LogP contribution in [0.4, 0.5) is 11.4 Å². The molecule has 5 heterocycles. The number of H-pyrrole nitrogens is 1. The van der Waals surface area contributed by atoms with Crippen LogP contribution in [0.15, 0.2) is 100 Å². The fraction of sp³-hybridized carbons (Fsp3) is 0.443. The Morgan fingerprint density at radius 2 is 1.50 bits per heavy atom. The lowest BCUT2D eigenvalue weighted by atomic mass is 9.95. The summed E-state index contributed by atoms with van der Waals surface area (Å²) < 4.78 is 56.7. The van der Waals surface area contributed by atoms with Gasteiger partial charge in [-0.15, -0.1) is 16.9 Å². The Labute approximate surface area is 513 Å². The summed E-state index contributed by atoms with van der Waals surface area (Å²) in [4.78, 5) is 87.6. The van der Waals surface area contributed by atoms with Crippen LogP contribution in [0.1, 0.15) is 56.3 Å². The maximum Gasteiger partial charge on any atom is 0.488 e. The minimum Gasteiger partial charge on any atom is -0.453 e. The first-order valence-corrected chi connectivity index (χ1v) is 32.0. The maximum atomic E-state index is 14.1. The molecule has 2 aliphatic rings. The second-order valence-corrected chi connectivity index (χ2v) is 23.7. The molecule has 3 aromatic heterocycles. The zero-order valence-electron chi connectivity index (χ0n) is 49.4. The third-order valence-corrected chi connectivity index (χ3v) is 16.9. The Morgan fingerprint density at radius 3 is 2.24 bits per heavy atom. The van der Waals surface area contributed by atoms with E-state index in [0.29, 0.717) is 125 Å². The first-order chi connectivity index (χ1) is 42.8. The quantitative estimate of drug-likeness (QED) is 0.0133. The van der Waals surface area contributed by atoms with Crippen molar-refractivity contribution < 1.29 is 65.9 Å². The van der Waals surface area contributed by atoms with Gasteiger partial charge in [0, 0.05) is 74.4 Å². The summed E-state index contributed by atoms with van der Waals surface area (Å²) in [5.74, 6) is 5.35. The number of aryl methyl sites for hydroxylation is 1. The average Bonchev–Trinajstić information content (AvgIpc) is 1.67. The number of nitrogens with two attached hydrogens (primary N) is 1. The number of carbonyl (C=O) groups is 4. The number of nitrogens with one attached hydrogen (secondary N) is 2. The molecule has 1 saturated heterocycles. The number of imide groups is 1. The van der Waals surface area contributed by atoms with Crippen molar-refractivity contribution in [1.82, 2.24) is 35.2 Å². The van der Waals surface area contributed by atoms with Crippen molar-refractivity contribution in [2.45, 2.75) is 70.2 Å². The highest BCUT2D eigenvalue weighted by Gasteiger charge is 2.39. The standard InChI is InChI=1S/C61H75N10O15PS/c1-42-64-49-20-19-48-51(72)39-52(85-60(48)58(49)65-42)43-15-17-45(18-16-43)68(2)25-28-79-30-32-81-34-36-83-37-35-82-33-31-80-29-26-71-59-46-12-6-5-11-44(46)41-70(50-14-8-7-13-47(50)57(59)66-67-71)55(74)21-23-63-54(73)22-24-69-56(75)40-53(61(69)76)88-38-10-4-3-9-27-84-87(77,78)86-62/h5-8,11-20,39,53H,3-4,9-10,21-38,40-41,62H2,1-2H3,(H,63,73)(H,64,65)(H,77,78). The summed E-state index contributed by atoms with van der Waals surface area (Å²) in [6.07, 6.45) is 2.80. The van der Waals surface area contributed by atoms with Crippen LogP contribution in [0.3, 0.4) is 0 Å². The molecule has 2 atom stereocenters. The molecule has 25 nitrogen and oxygen atoms in total. The molecule has 5 N–H and O–H groups in total. The van der Waals surface area contributed by atoms with Gasteiger partial charge in [-0.1, -0.05) is 60.5 Å². The SMILES string of the molecule is Cc1nc2c(ccc3c(=O)cc(-c4ccc(N(C)CCOCCOCCOCCOCCOCCn5nnc6c5-c5ccccc5CN(C(=O)CCNC(=O)CCN5C(=O)CC(SCCCCCCOP(=O)(O)ON)C5=O)c5ccccc5-6)cc4)oc32)[nH]1. The minimum absolute atomic E-state index is 0.00311. The van der Waals surface area contributed by atoms with Crippen LogP contribution >= 0.6 is 19.6 Å². The molecule has 27 heteroatoms. The molecule has 0 aliphatic carbocycles. The van der Waals surface area contributed by atoms with E-state index in [0.717, 1.165) is 69.1 Å². The fourth-order valence-electron chi connectivity index (χ4n) is 10.2. The first-order valence-electron chi connectivity index (χ1n) is 29.4. The number of hydrogen-bond donors (Lipinski definition) is 4. The highest BCUT2D eigenvalue weighted by molar-refractivity contribution is 8.00. The van der Waals surface area contributed by atoms with Gasteiger partial charge in [0.05, 0.1) is 113 Å². The van der Waals surface area contributed by atoms with Crippen molar-refractivity contribution in [2.75, 3.05) is 115 Å². The van der Waals surface area contributed by atoms with E-state index in [1.165, 1.54) is 17.8 Å². The lowest BCUT2D eigenvalue weighted by Gasteiger charge is -2.28. The number of amides is 4. The Bertz CT molecular complexity index is 3600. The number of phosphoric ester groups is 1. The van der Waals surface area contributed by atoms with Gasteiger partial charge in [0.25, 0.3) is 0 Å². The molecule has 0 saturated carbocycles. The molecule has 9 rings (SSSR count). The van der Waals surface area contributed by atoms with Crippen LogP contribution in [0.25, 0.3) is 55.8 Å². The zero-order chi connectivity index (χ0) is 61.8. The summed E-state index contributed by atoms with van der Waals surface area (Å²) in [6.45, 7) is 7.44. The number of phosphoric acid groups is 1. The van der Waals surface area contributed by atoms with E-state index in [-0.39, 0.29) is 74.6 Å². The van der Waals surface area contributed by atoms with Crippen LogP contribution in [0, 0.1) is 6.92 Å². The number of carbonyl (C=O) groups excluding carboxylic acids is 4. The molecule has 88 heavy (non-hydrogen) atoms. The normalized spacial score (nSPS) is 14.7. The second-order valence-electron chi connectivity index (χ2n) is 20.9. The molecular weight excluding hydrogens is 1180 g/mol. The molecule has 4 aromatic carbocycles. The zero-order valence-corrected chi connectivity index (χ0v) is 51.1. The number of rotatable bonds is 36. The molecule has 0 bridgehead atoms. The van der Waals surface area contributed by atoms with Gasteiger partial charge >= 0.3 is 7.82 Å². The number of nitrogens with zero attached hydrogens (tertiary/aromatic N) is 7. The van der Waals surface area contributed by atoms with Crippen LogP contribution in [-0.4, -0.2) is 169 Å². The van der Waals surface area contributed by atoms with Crippen molar-refractivity contribution in [1.29, 1.82) is 0 Å². The minimum atomic E-state index is -4.20. The van der Waals surface area contributed by atoms with E-state index in [4.69, 9.17) is 38.5 Å². The number of hydrogen-bond acceptors (Lipinski definition) is 20. The Balaban J connectivity index is 0.619. The predicted molar refractivity (Wildman–Crippen MR) is 331 cm³/mol. The van der Waals surface area contributed by atoms with Crippen molar-refractivity contribution in [2.24, 2.45) is 5.90 Å². The summed E-state index contributed by atoms with van der Waals surface area (Å²) >= 11 is 1.40. The topological polar surface area (TPSA) is 308 Å². The summed E-state index contributed by atoms with van der Waals surface area (Å²) in [5.41, 5.74) is 8.17. The van der Waals surface area contributed by atoms with E-state index in [2.05, 4.69) is 35.1 Å². The smallest absolute Gasteiger partial charge is 0.453 e. The molecule has 0 radical (unpaired) electrons. The number of benzene rings is 4. The molecule has 7 aromatic rings. The Hall–Kier alpha value is -7.20. The van der Waals surface area contributed by atoms with E-state index in [1.54, 1.807) is 11.0 Å². The molecule has 4 amide bonds. The second kappa shape index (κ2) is 32.3. The van der Waals surface area contributed by atoms with Gasteiger partial charge in [0.15, 0.2) is 11.0 Å². The van der Waals surface area contributed by atoms with E-state index in [1.807, 2.05) is 97.5 Å². The first kappa shape index (κ1) is 65.3. The lowest BCUT2D eigenvalue weighted by molar-refractivity contribution is -0.138. The summed E-state index contributed by atoms with van der Waals surface area (Å²) in [7, 11) is -2.21. The Morgan fingerprint density at radius 1 is 0.818 bits per heavy atom. The average molecular weight is 1250 g/mol. The van der Waals surface area contributed by atoms with Gasteiger partial charge < -0.3 is 53.1 Å². The number of unbranched alkanes of at least 4 members (excludes halogenated alkanes) is 3. The van der Waals surface area contributed by atoms with Crippen LogP contribution in [-0.2, 0) is 69.7 Å². The molecular formula is C61H75N10O15PS. The van der Waals surface area contributed by atoms with Crippen LogP contribution in [0.2, 0.25) is 0 Å². The number of fused-ring (bicyclic) bond motifs is 8. The van der Waals surface area contributed by atoms with Crippen molar-refractivity contribution in [3.8, 4) is 33.8 Å². The third-order valence-electron chi connectivity index (χ3n) is 14.8. The monoisotopic (exact) mass is 1250 g/mol. The van der Waals surface area contributed by atoms with Crippen molar-refractivity contribution in [3.05, 3.63) is 113 Å². The lowest BCUT2D eigenvalue weighted by Crippen LogP contribution is -2.37. The van der Waals surface area contributed by atoms with Gasteiger partial charge in [-0.05, 0) is 73.5 Å². The molecule has 470 valence electrons. The highest BCUT2D eigenvalue weighted by atomic mass is 32.2. The summed E-state index contributed by atoms with van der Waals surface area (Å²) in [6, 6.07) is 28.3. The van der Waals surface area contributed by atoms with Crippen LogP contribution < -0.4 is 26.4 Å². The van der Waals surface area contributed by atoms with E-state index < -0.39 is 13.1 Å². The van der Waals surface area contributed by atoms with Gasteiger partial charge in [0.2, 0.25) is 23.6 Å². The number of para-hydroxylation sites is 1. The fourth-order valence-corrected chi connectivity index (χ4v) is 11.9. The number of thioether (sulfide) groups is 1. The molecule has 1 fully saturated rings. The van der Waals surface area contributed by atoms with Crippen LogP contribution in [0.5, 0.6) is 0 Å². The predicted octanol–water partition coefficient (Wildman–Crippen LogP) is 6.96.